The largest absolute Gasteiger partial charge is 0.392 e. The van der Waals surface area contributed by atoms with Gasteiger partial charge in [-0.15, -0.1) is 0 Å². The number of hydrogen-bond acceptors (Lipinski definition) is 2. The highest BCUT2D eigenvalue weighted by atomic mass is 79.9. The molecule has 0 aliphatic carbocycles. The first-order valence-electron chi connectivity index (χ1n) is 2.97. The summed E-state index contributed by atoms with van der Waals surface area (Å²) < 4.78 is 0.808. The second-order valence-corrected chi connectivity index (χ2v) is 2.85. The molecule has 1 aromatic rings. The van der Waals surface area contributed by atoms with E-state index in [4.69, 9.17) is 5.11 Å². The van der Waals surface area contributed by atoms with Gasteiger partial charge in [0.15, 0.2) is 0 Å². The van der Waals surface area contributed by atoms with Crippen LogP contribution < -0.4 is 0 Å². The third-order valence-corrected chi connectivity index (χ3v) is 1.77. The predicted molar refractivity (Wildman–Crippen MR) is 42.6 cm³/mol. The van der Waals surface area contributed by atoms with Crippen molar-refractivity contribution in [3.05, 3.63) is 28.0 Å². The Labute approximate surface area is 68.0 Å². The summed E-state index contributed by atoms with van der Waals surface area (Å²) in [5.74, 6) is 0. The first kappa shape index (κ1) is 7.69. The Balaban J connectivity index is 3.07. The Morgan fingerprint density at radius 1 is 1.60 bits per heavy atom. The normalized spacial score (nSPS) is 9.90. The van der Waals surface area contributed by atoms with Gasteiger partial charge in [-0.1, -0.05) is 6.07 Å². The fourth-order valence-electron chi connectivity index (χ4n) is 0.726. The Morgan fingerprint density at radius 3 is 2.80 bits per heavy atom. The maximum Gasteiger partial charge on any atom is 0.106 e. The van der Waals surface area contributed by atoms with Gasteiger partial charge in [0.25, 0.3) is 0 Å². The monoisotopic (exact) mass is 201 g/mol. The number of pyridine rings is 1. The maximum atomic E-state index is 8.75. The zero-order valence-electron chi connectivity index (χ0n) is 5.63. The molecule has 0 aliphatic rings. The van der Waals surface area contributed by atoms with Crippen LogP contribution in [0, 0.1) is 6.92 Å². The first-order chi connectivity index (χ1) is 4.74. The van der Waals surface area contributed by atoms with Crippen molar-refractivity contribution in [2.45, 2.75) is 13.5 Å². The van der Waals surface area contributed by atoms with Crippen LogP contribution in [-0.2, 0) is 6.61 Å². The van der Waals surface area contributed by atoms with Gasteiger partial charge in [0.2, 0.25) is 0 Å². The molecule has 0 saturated heterocycles. The number of rotatable bonds is 1. The van der Waals surface area contributed by atoms with Crippen LogP contribution in [0.2, 0.25) is 0 Å². The van der Waals surface area contributed by atoms with E-state index in [1.54, 1.807) is 0 Å². The van der Waals surface area contributed by atoms with E-state index in [0.29, 0.717) is 0 Å². The SMILES string of the molecule is Cc1nc(Br)ccc1CO. The lowest BCUT2D eigenvalue weighted by Crippen LogP contribution is -1.91. The lowest BCUT2D eigenvalue weighted by Gasteiger charge is -1.99. The van der Waals surface area contributed by atoms with Crippen LogP contribution in [0.1, 0.15) is 11.3 Å². The molecule has 1 N–H and O–H groups in total. The summed E-state index contributed by atoms with van der Waals surface area (Å²) in [4.78, 5) is 4.10. The number of hydrogen-bond donors (Lipinski definition) is 1. The predicted octanol–water partition coefficient (Wildman–Crippen LogP) is 1.64. The molecule has 10 heavy (non-hydrogen) atoms. The summed E-state index contributed by atoms with van der Waals surface area (Å²) in [6.07, 6.45) is 0. The van der Waals surface area contributed by atoms with E-state index >= 15 is 0 Å². The summed E-state index contributed by atoms with van der Waals surface area (Å²) in [7, 11) is 0. The van der Waals surface area contributed by atoms with Gasteiger partial charge in [0, 0.05) is 5.69 Å². The molecule has 0 aromatic carbocycles. The molecule has 0 bridgehead atoms. The lowest BCUT2D eigenvalue weighted by atomic mass is 10.2. The highest BCUT2D eigenvalue weighted by molar-refractivity contribution is 9.10. The van der Waals surface area contributed by atoms with Crippen LogP contribution in [0.15, 0.2) is 16.7 Å². The van der Waals surface area contributed by atoms with Gasteiger partial charge in [0.1, 0.15) is 4.60 Å². The molecular weight excluding hydrogens is 194 g/mol. The second kappa shape index (κ2) is 3.12. The standard InChI is InChI=1S/C7H8BrNO/c1-5-6(4-10)2-3-7(8)9-5/h2-3,10H,4H2,1H3. The Hall–Kier alpha value is -0.410. The summed E-state index contributed by atoms with van der Waals surface area (Å²) in [6.45, 7) is 1.93. The molecule has 0 radical (unpaired) electrons. The van der Waals surface area contributed by atoms with E-state index in [2.05, 4.69) is 20.9 Å². The van der Waals surface area contributed by atoms with Crippen molar-refractivity contribution in [2.24, 2.45) is 0 Å². The highest BCUT2D eigenvalue weighted by Crippen LogP contribution is 2.10. The number of aliphatic hydroxyl groups is 1. The third-order valence-electron chi connectivity index (χ3n) is 1.33. The van der Waals surface area contributed by atoms with Gasteiger partial charge >= 0.3 is 0 Å². The Kier molecular flexibility index (Phi) is 2.40. The van der Waals surface area contributed by atoms with Gasteiger partial charge < -0.3 is 5.11 Å². The third kappa shape index (κ3) is 1.55. The molecule has 1 aromatic heterocycles. The zero-order valence-corrected chi connectivity index (χ0v) is 7.22. The van der Waals surface area contributed by atoms with E-state index in [0.717, 1.165) is 15.9 Å². The molecule has 0 aliphatic heterocycles. The second-order valence-electron chi connectivity index (χ2n) is 2.04. The number of aliphatic hydroxyl groups excluding tert-OH is 1. The fraction of sp³-hybridized carbons (Fsp3) is 0.286. The van der Waals surface area contributed by atoms with Crippen molar-refractivity contribution >= 4 is 15.9 Å². The molecule has 54 valence electrons. The number of halogens is 1. The van der Waals surface area contributed by atoms with Gasteiger partial charge in [-0.05, 0) is 34.5 Å². The summed E-state index contributed by atoms with van der Waals surface area (Å²) in [5, 5.41) is 8.75. The minimum Gasteiger partial charge on any atom is -0.392 e. The lowest BCUT2D eigenvalue weighted by molar-refractivity contribution is 0.280. The summed E-state index contributed by atoms with van der Waals surface area (Å²) >= 11 is 3.23. The average molecular weight is 202 g/mol. The molecule has 0 unspecified atom stereocenters. The van der Waals surface area contributed by atoms with Crippen molar-refractivity contribution in [3.63, 3.8) is 0 Å². The van der Waals surface area contributed by atoms with E-state index in [9.17, 15) is 0 Å². The Morgan fingerprint density at radius 2 is 2.30 bits per heavy atom. The van der Waals surface area contributed by atoms with Gasteiger partial charge in [-0.2, -0.15) is 0 Å². The van der Waals surface area contributed by atoms with Crippen LogP contribution in [0.4, 0.5) is 0 Å². The molecular formula is C7H8BrNO. The summed E-state index contributed by atoms with van der Waals surface area (Å²) in [6, 6.07) is 3.67. The Bertz CT molecular complexity index is 237. The number of aromatic nitrogens is 1. The molecule has 3 heteroatoms. The number of nitrogens with zero attached hydrogens (tertiary/aromatic N) is 1. The molecule has 1 heterocycles. The average Bonchev–Trinajstić information content (AvgIpc) is 1.88. The maximum absolute atomic E-state index is 8.75. The number of aryl methyl sites for hydroxylation is 1. The van der Waals surface area contributed by atoms with Crippen LogP contribution in [0.25, 0.3) is 0 Å². The molecule has 0 fully saturated rings. The van der Waals surface area contributed by atoms with E-state index in [1.807, 2.05) is 19.1 Å². The van der Waals surface area contributed by atoms with Crippen LogP contribution in [0.3, 0.4) is 0 Å². The minimum absolute atomic E-state index is 0.0616. The molecule has 0 saturated carbocycles. The van der Waals surface area contributed by atoms with Crippen molar-refractivity contribution < 1.29 is 5.11 Å². The summed E-state index contributed by atoms with van der Waals surface area (Å²) in [5.41, 5.74) is 1.75. The van der Waals surface area contributed by atoms with Gasteiger partial charge in [0.05, 0.1) is 6.61 Å². The van der Waals surface area contributed by atoms with Gasteiger partial charge in [-0.3, -0.25) is 0 Å². The highest BCUT2D eigenvalue weighted by Gasteiger charge is 1.96. The van der Waals surface area contributed by atoms with E-state index < -0.39 is 0 Å². The van der Waals surface area contributed by atoms with Gasteiger partial charge in [-0.25, -0.2) is 4.98 Å². The smallest absolute Gasteiger partial charge is 0.106 e. The van der Waals surface area contributed by atoms with E-state index in [1.165, 1.54) is 0 Å². The van der Waals surface area contributed by atoms with Crippen molar-refractivity contribution in [3.8, 4) is 0 Å². The van der Waals surface area contributed by atoms with Crippen molar-refractivity contribution in [2.75, 3.05) is 0 Å². The fourth-order valence-corrected chi connectivity index (χ4v) is 1.12. The molecule has 2 nitrogen and oxygen atoms in total. The molecule has 0 spiro atoms. The van der Waals surface area contributed by atoms with Crippen LogP contribution in [0.5, 0.6) is 0 Å². The minimum atomic E-state index is 0.0616. The van der Waals surface area contributed by atoms with Crippen molar-refractivity contribution in [1.29, 1.82) is 0 Å². The first-order valence-corrected chi connectivity index (χ1v) is 3.76. The van der Waals surface area contributed by atoms with E-state index in [-0.39, 0.29) is 6.61 Å². The quantitative estimate of drug-likeness (QED) is 0.702. The van der Waals surface area contributed by atoms with Crippen LogP contribution in [-0.4, -0.2) is 10.1 Å². The van der Waals surface area contributed by atoms with Crippen LogP contribution >= 0.6 is 15.9 Å². The molecule has 1 rings (SSSR count). The van der Waals surface area contributed by atoms with Crippen molar-refractivity contribution in [1.82, 2.24) is 4.98 Å². The molecule has 0 atom stereocenters. The zero-order chi connectivity index (χ0) is 7.56. The molecule has 0 amide bonds. The topological polar surface area (TPSA) is 33.1 Å².